The Labute approximate surface area is 146 Å². The number of piperidine rings is 1. The molecule has 1 atom stereocenters. The largest absolute Gasteiger partial charge is 0.364 e. The van der Waals surface area contributed by atoms with Crippen molar-refractivity contribution in [2.75, 3.05) is 13.1 Å². The number of H-pyrrole nitrogens is 1. The molecule has 1 saturated heterocycles. The second-order valence-corrected chi connectivity index (χ2v) is 6.61. The van der Waals surface area contributed by atoms with Gasteiger partial charge in [0.15, 0.2) is 0 Å². The first-order valence-electron chi connectivity index (χ1n) is 8.80. The Balaban J connectivity index is 1.49. The highest BCUT2D eigenvalue weighted by Gasteiger charge is 2.22. The minimum Gasteiger partial charge on any atom is -0.364 e. The lowest BCUT2D eigenvalue weighted by atomic mass is 9.93. The van der Waals surface area contributed by atoms with E-state index in [1.807, 2.05) is 48.1 Å². The molecule has 0 saturated carbocycles. The number of aromatic nitrogens is 3. The fourth-order valence-electron chi connectivity index (χ4n) is 3.62. The molecule has 1 fully saturated rings. The number of para-hydroxylation sites is 2. The third kappa shape index (κ3) is 3.05. The van der Waals surface area contributed by atoms with Gasteiger partial charge >= 0.3 is 0 Å². The van der Waals surface area contributed by atoms with Gasteiger partial charge in [-0.05, 0) is 37.6 Å². The monoisotopic (exact) mass is 337 g/mol. The quantitative estimate of drug-likeness (QED) is 0.684. The van der Waals surface area contributed by atoms with Crippen LogP contribution < -0.4 is 10.6 Å². The Bertz CT molecular complexity index is 888. The van der Waals surface area contributed by atoms with E-state index in [9.17, 15) is 4.79 Å². The molecule has 3 aromatic rings. The fourth-order valence-corrected chi connectivity index (χ4v) is 3.62. The zero-order valence-corrected chi connectivity index (χ0v) is 14.4. The number of fused-ring (bicyclic) bond motifs is 1. The number of amides is 1. The Morgan fingerprint density at radius 3 is 3.04 bits per heavy atom. The third-order valence-corrected chi connectivity index (χ3v) is 5.02. The van der Waals surface area contributed by atoms with Crippen molar-refractivity contribution >= 4 is 16.9 Å². The number of rotatable bonds is 4. The smallest absolute Gasteiger partial charge is 0.253 e. The molecule has 1 unspecified atom stereocenters. The predicted molar refractivity (Wildman–Crippen MR) is 97.5 cm³/mol. The van der Waals surface area contributed by atoms with Crippen LogP contribution >= 0.6 is 0 Å². The molecule has 0 bridgehead atoms. The minimum absolute atomic E-state index is 0.0473. The summed E-state index contributed by atoms with van der Waals surface area (Å²) in [4.78, 5) is 20.6. The summed E-state index contributed by atoms with van der Waals surface area (Å²) < 4.78 is 2.03. The van der Waals surface area contributed by atoms with Crippen LogP contribution in [0.5, 0.6) is 0 Å². The topological polar surface area (TPSA) is 74.7 Å². The van der Waals surface area contributed by atoms with Gasteiger partial charge in [0, 0.05) is 31.4 Å². The third-order valence-electron chi connectivity index (χ3n) is 5.02. The molecule has 4 rings (SSSR count). The molecule has 0 radical (unpaired) electrons. The summed E-state index contributed by atoms with van der Waals surface area (Å²) in [7, 11) is 1.98. The van der Waals surface area contributed by atoms with Crippen LogP contribution in [-0.4, -0.2) is 33.5 Å². The number of aryl methyl sites for hydroxylation is 1. The van der Waals surface area contributed by atoms with E-state index in [-0.39, 0.29) is 5.91 Å². The number of carbonyl (C=O) groups is 1. The van der Waals surface area contributed by atoms with Gasteiger partial charge in [0.05, 0.1) is 23.1 Å². The van der Waals surface area contributed by atoms with Gasteiger partial charge in [0.2, 0.25) is 0 Å². The summed E-state index contributed by atoms with van der Waals surface area (Å²) in [6, 6.07) is 9.86. The van der Waals surface area contributed by atoms with E-state index < -0.39 is 0 Å². The molecule has 1 aromatic carbocycles. The second kappa shape index (κ2) is 6.72. The van der Waals surface area contributed by atoms with Crippen molar-refractivity contribution in [3.8, 4) is 0 Å². The zero-order chi connectivity index (χ0) is 17.2. The number of nitrogens with one attached hydrogen (secondary N) is 3. The Morgan fingerprint density at radius 2 is 2.24 bits per heavy atom. The van der Waals surface area contributed by atoms with Crippen LogP contribution in [0.3, 0.4) is 0 Å². The van der Waals surface area contributed by atoms with Crippen molar-refractivity contribution in [1.29, 1.82) is 0 Å². The SMILES string of the molecule is Cn1c(CNC(=O)c2cc[nH]c2C2CCCNC2)nc2ccccc21. The molecular weight excluding hydrogens is 314 g/mol. The fraction of sp³-hybridized carbons (Fsp3) is 0.368. The maximum atomic E-state index is 12.7. The maximum Gasteiger partial charge on any atom is 0.253 e. The Kier molecular flexibility index (Phi) is 4.28. The zero-order valence-electron chi connectivity index (χ0n) is 14.4. The van der Waals surface area contributed by atoms with Crippen LogP contribution in [0.2, 0.25) is 0 Å². The van der Waals surface area contributed by atoms with Crippen LogP contribution in [0.4, 0.5) is 0 Å². The van der Waals surface area contributed by atoms with E-state index in [4.69, 9.17) is 0 Å². The number of hydrogen-bond acceptors (Lipinski definition) is 3. The van der Waals surface area contributed by atoms with Crippen molar-refractivity contribution in [1.82, 2.24) is 25.2 Å². The maximum absolute atomic E-state index is 12.7. The van der Waals surface area contributed by atoms with E-state index in [0.717, 1.165) is 54.0 Å². The lowest BCUT2D eigenvalue weighted by Gasteiger charge is -2.23. The lowest BCUT2D eigenvalue weighted by molar-refractivity contribution is 0.0948. The van der Waals surface area contributed by atoms with Gasteiger partial charge < -0.3 is 20.2 Å². The number of nitrogens with zero attached hydrogens (tertiary/aromatic N) is 2. The molecule has 3 N–H and O–H groups in total. The average Bonchev–Trinajstić information content (AvgIpc) is 3.26. The van der Waals surface area contributed by atoms with Gasteiger partial charge in [-0.2, -0.15) is 0 Å². The Hall–Kier alpha value is -2.60. The first-order valence-corrected chi connectivity index (χ1v) is 8.80. The van der Waals surface area contributed by atoms with E-state index in [0.29, 0.717) is 12.5 Å². The summed E-state index contributed by atoms with van der Waals surface area (Å²) in [6.07, 6.45) is 4.11. The number of imidazole rings is 1. The number of hydrogen-bond donors (Lipinski definition) is 3. The molecule has 25 heavy (non-hydrogen) atoms. The van der Waals surface area contributed by atoms with Crippen LogP contribution in [0.15, 0.2) is 36.5 Å². The second-order valence-electron chi connectivity index (χ2n) is 6.61. The van der Waals surface area contributed by atoms with Crippen LogP contribution in [0.25, 0.3) is 11.0 Å². The lowest BCUT2D eigenvalue weighted by Crippen LogP contribution is -2.31. The van der Waals surface area contributed by atoms with Gasteiger partial charge in [0.25, 0.3) is 5.91 Å². The Morgan fingerprint density at radius 1 is 1.36 bits per heavy atom. The summed E-state index contributed by atoms with van der Waals surface area (Å²) in [6.45, 7) is 2.40. The van der Waals surface area contributed by atoms with Gasteiger partial charge in [-0.25, -0.2) is 4.98 Å². The minimum atomic E-state index is -0.0473. The normalized spacial score (nSPS) is 17.7. The van der Waals surface area contributed by atoms with Gasteiger partial charge in [-0.3, -0.25) is 4.79 Å². The molecule has 6 heteroatoms. The number of aromatic amines is 1. The van der Waals surface area contributed by atoms with Gasteiger partial charge in [-0.1, -0.05) is 12.1 Å². The van der Waals surface area contributed by atoms with E-state index >= 15 is 0 Å². The molecule has 6 nitrogen and oxygen atoms in total. The molecule has 0 spiro atoms. The highest BCUT2D eigenvalue weighted by Crippen LogP contribution is 2.25. The van der Waals surface area contributed by atoms with Gasteiger partial charge in [0.1, 0.15) is 5.82 Å². The highest BCUT2D eigenvalue weighted by atomic mass is 16.1. The molecule has 1 aliphatic rings. The number of benzene rings is 1. The molecule has 1 aliphatic heterocycles. The predicted octanol–water partition coefficient (Wildman–Crippen LogP) is 2.30. The molecular formula is C19H23N5O. The molecule has 1 amide bonds. The van der Waals surface area contributed by atoms with Crippen LogP contribution in [-0.2, 0) is 13.6 Å². The standard InChI is InChI=1S/C19H23N5O/c1-24-16-7-3-2-6-15(16)23-17(24)12-22-19(25)14-8-10-21-18(14)13-5-4-9-20-11-13/h2-3,6-8,10,13,20-21H,4-5,9,11-12H2,1H3,(H,22,25). The van der Waals surface area contributed by atoms with Crippen LogP contribution in [0.1, 0.15) is 40.6 Å². The van der Waals surface area contributed by atoms with Crippen molar-refractivity contribution in [2.24, 2.45) is 7.05 Å². The summed E-state index contributed by atoms with van der Waals surface area (Å²) in [5.41, 5.74) is 3.80. The van der Waals surface area contributed by atoms with E-state index in [2.05, 4.69) is 20.6 Å². The van der Waals surface area contributed by atoms with Gasteiger partial charge in [-0.15, -0.1) is 0 Å². The molecule has 3 heterocycles. The summed E-state index contributed by atoms with van der Waals surface area (Å²) in [5.74, 6) is 1.18. The molecule has 0 aliphatic carbocycles. The van der Waals surface area contributed by atoms with E-state index in [1.54, 1.807) is 0 Å². The molecule has 130 valence electrons. The van der Waals surface area contributed by atoms with Crippen molar-refractivity contribution in [3.63, 3.8) is 0 Å². The van der Waals surface area contributed by atoms with Crippen molar-refractivity contribution in [2.45, 2.75) is 25.3 Å². The number of carbonyl (C=O) groups excluding carboxylic acids is 1. The summed E-state index contributed by atoms with van der Waals surface area (Å²) >= 11 is 0. The molecule has 2 aromatic heterocycles. The van der Waals surface area contributed by atoms with Crippen molar-refractivity contribution in [3.05, 3.63) is 53.6 Å². The summed E-state index contributed by atoms with van der Waals surface area (Å²) in [5, 5.41) is 6.42. The first-order chi connectivity index (χ1) is 12.2. The first kappa shape index (κ1) is 15.9. The van der Waals surface area contributed by atoms with Crippen LogP contribution in [0, 0.1) is 0 Å². The highest BCUT2D eigenvalue weighted by molar-refractivity contribution is 5.95. The van der Waals surface area contributed by atoms with Crippen molar-refractivity contribution < 1.29 is 4.79 Å². The average molecular weight is 337 g/mol. The van der Waals surface area contributed by atoms with E-state index in [1.165, 1.54) is 0 Å².